The highest BCUT2D eigenvalue weighted by atomic mass is 79.9. The lowest BCUT2D eigenvalue weighted by Crippen LogP contribution is -2.14. The first-order valence-electron chi connectivity index (χ1n) is 4.20. The molecule has 1 aromatic rings. The highest BCUT2D eigenvalue weighted by Crippen LogP contribution is 2.19. The zero-order valence-electron chi connectivity index (χ0n) is 8.07. The second-order valence-electron chi connectivity index (χ2n) is 2.90. The zero-order chi connectivity index (χ0) is 11.3. The fourth-order valence-corrected chi connectivity index (χ4v) is 1.27. The molecule has 6 heteroatoms. The van der Waals surface area contributed by atoms with Crippen LogP contribution < -0.4 is 5.32 Å². The highest BCUT2D eigenvalue weighted by Gasteiger charge is 2.01. The maximum atomic E-state index is 11.2. The van der Waals surface area contributed by atoms with Gasteiger partial charge in [0.05, 0.1) is 0 Å². The monoisotopic (exact) mass is 268 g/mol. The molecule has 0 radical (unpaired) electrons. The molecule has 1 aromatic carbocycles. The summed E-state index contributed by atoms with van der Waals surface area (Å²) in [5, 5.41) is 5.79. The minimum Gasteiger partial charge on any atom is -0.326 e. The van der Waals surface area contributed by atoms with Gasteiger partial charge < -0.3 is 5.32 Å². The maximum absolute atomic E-state index is 11.2. The van der Waals surface area contributed by atoms with E-state index in [9.17, 15) is 4.79 Å². The first kappa shape index (κ1) is 11.6. The third kappa shape index (κ3) is 3.61. The molecule has 78 valence electrons. The highest BCUT2D eigenvalue weighted by molar-refractivity contribution is 9.10. The Hall–Kier alpha value is -1.52. The number of aryl methyl sites for hydroxylation is 1. The number of anilines is 1. The summed E-state index contributed by atoms with van der Waals surface area (Å²) < 4.78 is 0.982. The van der Waals surface area contributed by atoms with Crippen molar-refractivity contribution in [1.82, 2.24) is 0 Å². The molecule has 0 fully saturated rings. The molecule has 1 amide bonds. The third-order valence-corrected chi connectivity index (χ3v) is 2.61. The van der Waals surface area contributed by atoms with Crippen LogP contribution in [0.2, 0.25) is 0 Å². The molecule has 1 N–H and O–H groups in total. The van der Waals surface area contributed by atoms with Gasteiger partial charge in [-0.25, -0.2) is 0 Å². The molecule has 5 nitrogen and oxygen atoms in total. The van der Waals surface area contributed by atoms with Crippen LogP contribution in [0.25, 0.3) is 10.4 Å². The van der Waals surface area contributed by atoms with E-state index in [1.165, 1.54) is 0 Å². The van der Waals surface area contributed by atoms with Gasteiger partial charge in [-0.15, -0.1) is 0 Å². The fourth-order valence-electron chi connectivity index (χ4n) is 1.02. The Balaban J connectivity index is 2.68. The number of rotatable bonds is 3. The average molecular weight is 269 g/mol. The Bertz CT molecular complexity index is 426. The third-order valence-electron chi connectivity index (χ3n) is 1.72. The summed E-state index contributed by atoms with van der Waals surface area (Å²) in [5.74, 6) is -0.325. The first-order valence-corrected chi connectivity index (χ1v) is 4.99. The van der Waals surface area contributed by atoms with Gasteiger partial charge in [-0.05, 0) is 36.2 Å². The predicted octanol–water partition coefficient (Wildman–Crippen LogP) is 3.01. The molecular weight excluding hydrogens is 260 g/mol. The second kappa shape index (κ2) is 5.38. The van der Waals surface area contributed by atoms with Crippen LogP contribution in [-0.4, -0.2) is 12.5 Å². The van der Waals surface area contributed by atoms with Crippen LogP contribution in [0.15, 0.2) is 27.8 Å². The first-order chi connectivity index (χ1) is 7.13. The van der Waals surface area contributed by atoms with Crippen LogP contribution in [0.4, 0.5) is 5.69 Å². The van der Waals surface area contributed by atoms with E-state index < -0.39 is 0 Å². The molecule has 0 aliphatic carbocycles. The lowest BCUT2D eigenvalue weighted by molar-refractivity contribution is -0.114. The number of amides is 1. The largest absolute Gasteiger partial charge is 0.326 e. The van der Waals surface area contributed by atoms with Gasteiger partial charge in [0.25, 0.3) is 0 Å². The van der Waals surface area contributed by atoms with E-state index in [2.05, 4.69) is 31.3 Å². The standard InChI is InChI=1S/C9H9BrN4O/c1-6-4-7(2-3-8(6)10)13-9(15)5-12-14-11/h2-4H,5H2,1H3,(H,13,15). The van der Waals surface area contributed by atoms with Crippen LogP contribution in [-0.2, 0) is 4.79 Å². The molecule has 0 bridgehead atoms. The zero-order valence-corrected chi connectivity index (χ0v) is 9.65. The molecule has 0 saturated heterocycles. The van der Waals surface area contributed by atoms with E-state index in [4.69, 9.17) is 5.53 Å². The van der Waals surface area contributed by atoms with Gasteiger partial charge >= 0.3 is 0 Å². The molecule has 15 heavy (non-hydrogen) atoms. The summed E-state index contributed by atoms with van der Waals surface area (Å²) in [6, 6.07) is 5.45. The van der Waals surface area contributed by atoms with Crippen molar-refractivity contribution in [3.05, 3.63) is 38.7 Å². The van der Waals surface area contributed by atoms with Gasteiger partial charge in [-0.3, -0.25) is 4.79 Å². The number of benzene rings is 1. The lowest BCUT2D eigenvalue weighted by Gasteiger charge is -2.05. The van der Waals surface area contributed by atoms with Gasteiger partial charge in [-0.2, -0.15) is 0 Å². The van der Waals surface area contributed by atoms with Crippen molar-refractivity contribution >= 4 is 27.5 Å². The quantitative estimate of drug-likeness (QED) is 0.511. The van der Waals surface area contributed by atoms with Crippen LogP contribution in [0, 0.1) is 6.92 Å². The Morgan fingerprint density at radius 3 is 3.00 bits per heavy atom. The molecule has 0 heterocycles. The number of carbonyl (C=O) groups excluding carboxylic acids is 1. The maximum Gasteiger partial charge on any atom is 0.230 e. The minimum atomic E-state index is -0.325. The van der Waals surface area contributed by atoms with Crippen LogP contribution in [0.1, 0.15) is 5.56 Å². The van der Waals surface area contributed by atoms with Crippen molar-refractivity contribution in [2.24, 2.45) is 5.11 Å². The molecule has 0 aliphatic heterocycles. The molecule has 0 unspecified atom stereocenters. The smallest absolute Gasteiger partial charge is 0.230 e. The molecule has 0 saturated carbocycles. The van der Waals surface area contributed by atoms with Crippen molar-refractivity contribution < 1.29 is 4.79 Å². The second-order valence-corrected chi connectivity index (χ2v) is 3.76. The van der Waals surface area contributed by atoms with Crippen molar-refractivity contribution in [3.63, 3.8) is 0 Å². The Morgan fingerprint density at radius 1 is 1.67 bits per heavy atom. The Kier molecular flexibility index (Phi) is 4.15. The molecule has 0 spiro atoms. The van der Waals surface area contributed by atoms with E-state index in [0.717, 1.165) is 10.0 Å². The number of hydrogen-bond donors (Lipinski definition) is 1. The van der Waals surface area contributed by atoms with Gasteiger partial charge in [0, 0.05) is 15.1 Å². The number of hydrogen-bond acceptors (Lipinski definition) is 2. The van der Waals surface area contributed by atoms with E-state index >= 15 is 0 Å². The van der Waals surface area contributed by atoms with E-state index in [-0.39, 0.29) is 12.5 Å². The number of nitrogens with one attached hydrogen (secondary N) is 1. The molecule has 0 atom stereocenters. The summed E-state index contributed by atoms with van der Waals surface area (Å²) in [6.07, 6.45) is 0. The minimum absolute atomic E-state index is 0.189. The summed E-state index contributed by atoms with van der Waals surface area (Å²) in [5.41, 5.74) is 9.75. The predicted molar refractivity (Wildman–Crippen MR) is 61.5 cm³/mol. The van der Waals surface area contributed by atoms with Gasteiger partial charge in [-0.1, -0.05) is 21.0 Å². The number of halogens is 1. The molecule has 0 aromatic heterocycles. The lowest BCUT2D eigenvalue weighted by atomic mass is 10.2. The summed E-state index contributed by atoms with van der Waals surface area (Å²) >= 11 is 3.36. The Labute approximate surface area is 95.2 Å². The van der Waals surface area contributed by atoms with E-state index in [0.29, 0.717) is 5.69 Å². The van der Waals surface area contributed by atoms with Crippen molar-refractivity contribution in [2.45, 2.75) is 6.92 Å². The number of nitrogens with zero attached hydrogens (tertiary/aromatic N) is 3. The summed E-state index contributed by atoms with van der Waals surface area (Å²) in [6.45, 7) is 1.73. The fraction of sp³-hybridized carbons (Fsp3) is 0.222. The van der Waals surface area contributed by atoms with Gasteiger partial charge in [0.1, 0.15) is 6.54 Å². The molecular formula is C9H9BrN4O. The Morgan fingerprint density at radius 2 is 2.40 bits per heavy atom. The number of carbonyl (C=O) groups is 1. The van der Waals surface area contributed by atoms with Crippen LogP contribution >= 0.6 is 15.9 Å². The van der Waals surface area contributed by atoms with Gasteiger partial charge in [0.15, 0.2) is 0 Å². The van der Waals surface area contributed by atoms with E-state index in [1.54, 1.807) is 6.07 Å². The SMILES string of the molecule is Cc1cc(NC(=O)CN=[N+]=[N-])ccc1Br. The van der Waals surface area contributed by atoms with Gasteiger partial charge in [0.2, 0.25) is 5.91 Å². The average Bonchev–Trinajstić information content (AvgIpc) is 2.20. The van der Waals surface area contributed by atoms with Crippen LogP contribution in [0.3, 0.4) is 0 Å². The number of azide groups is 1. The van der Waals surface area contributed by atoms with Crippen LogP contribution in [0.5, 0.6) is 0 Å². The summed E-state index contributed by atoms with van der Waals surface area (Å²) in [4.78, 5) is 13.7. The molecule has 0 aliphatic rings. The van der Waals surface area contributed by atoms with E-state index in [1.807, 2.05) is 19.1 Å². The molecule has 1 rings (SSSR count). The van der Waals surface area contributed by atoms with Crippen molar-refractivity contribution in [2.75, 3.05) is 11.9 Å². The van der Waals surface area contributed by atoms with Crippen molar-refractivity contribution in [3.8, 4) is 0 Å². The summed E-state index contributed by atoms with van der Waals surface area (Å²) in [7, 11) is 0. The topological polar surface area (TPSA) is 77.9 Å². The van der Waals surface area contributed by atoms with Crippen molar-refractivity contribution in [1.29, 1.82) is 0 Å². The normalized spacial score (nSPS) is 9.20.